The van der Waals surface area contributed by atoms with Crippen LogP contribution in [0.25, 0.3) is 0 Å². The Morgan fingerprint density at radius 1 is 1.14 bits per heavy atom. The molecule has 0 unspecified atom stereocenters. The van der Waals surface area contributed by atoms with Crippen LogP contribution < -0.4 is 5.32 Å². The molecule has 1 atom stereocenters. The molecular weight excluding hydrogens is 394 g/mol. The SMILES string of the molecule is Cc1ccc(S(=O)(=O)N(C)C)cc1NC(=O)[C@@H](C)OC(=O)c1ccc(C#N)cc1. The lowest BCUT2D eigenvalue weighted by Gasteiger charge is -2.17. The Labute approximate surface area is 169 Å². The van der Waals surface area contributed by atoms with Crippen molar-refractivity contribution in [2.24, 2.45) is 0 Å². The summed E-state index contributed by atoms with van der Waals surface area (Å²) in [7, 11) is -0.830. The second kappa shape index (κ2) is 8.86. The molecule has 0 aliphatic rings. The fourth-order valence-corrected chi connectivity index (χ4v) is 3.23. The standard InChI is InChI=1S/C20H21N3O5S/c1-13-5-10-17(29(26,27)23(3)4)11-18(13)22-19(24)14(2)28-20(25)16-8-6-15(12-21)7-9-16/h5-11,14H,1-4H3,(H,22,24)/t14-/m1/s1. The highest BCUT2D eigenvalue weighted by Crippen LogP contribution is 2.22. The minimum atomic E-state index is -3.66. The van der Waals surface area contributed by atoms with E-state index in [1.165, 1.54) is 57.4 Å². The molecule has 29 heavy (non-hydrogen) atoms. The molecule has 0 radical (unpaired) electrons. The van der Waals surface area contributed by atoms with Gasteiger partial charge in [0, 0.05) is 19.8 Å². The van der Waals surface area contributed by atoms with Gasteiger partial charge in [0.25, 0.3) is 5.91 Å². The van der Waals surface area contributed by atoms with Crippen molar-refractivity contribution in [2.75, 3.05) is 19.4 Å². The number of carbonyl (C=O) groups excluding carboxylic acids is 2. The maximum atomic E-state index is 12.4. The van der Waals surface area contributed by atoms with Crippen LogP contribution in [0.1, 0.15) is 28.4 Å². The van der Waals surface area contributed by atoms with Crippen molar-refractivity contribution in [3.8, 4) is 6.07 Å². The lowest BCUT2D eigenvalue weighted by molar-refractivity contribution is -0.123. The van der Waals surface area contributed by atoms with Gasteiger partial charge in [-0.1, -0.05) is 6.07 Å². The number of esters is 1. The molecular formula is C20H21N3O5S. The van der Waals surface area contributed by atoms with Crippen LogP contribution in [0.4, 0.5) is 5.69 Å². The topological polar surface area (TPSA) is 117 Å². The number of amides is 1. The molecule has 0 aromatic heterocycles. The fourth-order valence-electron chi connectivity index (χ4n) is 2.30. The van der Waals surface area contributed by atoms with E-state index in [2.05, 4.69) is 5.32 Å². The highest BCUT2D eigenvalue weighted by atomic mass is 32.2. The molecule has 0 aliphatic carbocycles. The molecule has 2 aromatic rings. The summed E-state index contributed by atoms with van der Waals surface area (Å²) in [5.74, 6) is -1.31. The third kappa shape index (κ3) is 5.19. The van der Waals surface area contributed by atoms with Gasteiger partial charge in [0.2, 0.25) is 10.0 Å². The normalized spacial score (nSPS) is 12.1. The molecule has 152 valence electrons. The minimum Gasteiger partial charge on any atom is -0.449 e. The molecule has 0 bridgehead atoms. The van der Waals surface area contributed by atoms with Gasteiger partial charge >= 0.3 is 5.97 Å². The summed E-state index contributed by atoms with van der Waals surface area (Å²) in [6.07, 6.45) is -1.12. The van der Waals surface area contributed by atoms with E-state index in [-0.39, 0.29) is 10.5 Å². The smallest absolute Gasteiger partial charge is 0.338 e. The zero-order valence-electron chi connectivity index (χ0n) is 16.5. The van der Waals surface area contributed by atoms with Crippen molar-refractivity contribution < 1.29 is 22.7 Å². The summed E-state index contributed by atoms with van der Waals surface area (Å²) in [6.45, 7) is 3.13. The summed E-state index contributed by atoms with van der Waals surface area (Å²) >= 11 is 0. The Balaban J connectivity index is 2.13. The summed E-state index contributed by atoms with van der Waals surface area (Å²) in [6, 6.07) is 12.2. The molecule has 2 rings (SSSR count). The Kier molecular flexibility index (Phi) is 6.74. The van der Waals surface area contributed by atoms with Crippen LogP contribution in [0.5, 0.6) is 0 Å². The third-order valence-electron chi connectivity index (χ3n) is 4.15. The molecule has 0 saturated carbocycles. The van der Waals surface area contributed by atoms with E-state index in [1.54, 1.807) is 13.0 Å². The van der Waals surface area contributed by atoms with Crippen LogP contribution in [-0.2, 0) is 19.6 Å². The molecule has 2 aromatic carbocycles. The predicted molar refractivity (Wildman–Crippen MR) is 107 cm³/mol. The van der Waals surface area contributed by atoms with E-state index in [0.717, 1.165) is 4.31 Å². The average Bonchev–Trinajstić information content (AvgIpc) is 2.69. The van der Waals surface area contributed by atoms with Crippen LogP contribution in [-0.4, -0.2) is 44.8 Å². The second-order valence-electron chi connectivity index (χ2n) is 6.49. The van der Waals surface area contributed by atoms with Gasteiger partial charge in [-0.15, -0.1) is 0 Å². The summed E-state index contributed by atoms with van der Waals surface area (Å²) in [5, 5.41) is 11.4. The Morgan fingerprint density at radius 2 is 1.76 bits per heavy atom. The van der Waals surface area contributed by atoms with Gasteiger partial charge in [0.15, 0.2) is 6.10 Å². The number of hydrogen-bond donors (Lipinski definition) is 1. The summed E-state index contributed by atoms with van der Waals surface area (Å²) in [5.41, 5.74) is 1.56. The van der Waals surface area contributed by atoms with Crippen LogP contribution >= 0.6 is 0 Å². The number of nitriles is 1. The average molecular weight is 415 g/mol. The zero-order valence-corrected chi connectivity index (χ0v) is 17.3. The monoisotopic (exact) mass is 415 g/mol. The molecule has 9 heteroatoms. The lowest BCUT2D eigenvalue weighted by atomic mass is 10.1. The zero-order chi connectivity index (χ0) is 21.8. The van der Waals surface area contributed by atoms with Gasteiger partial charge in [-0.3, -0.25) is 4.79 Å². The number of benzene rings is 2. The van der Waals surface area contributed by atoms with Gasteiger partial charge in [-0.25, -0.2) is 17.5 Å². The maximum absolute atomic E-state index is 12.4. The van der Waals surface area contributed by atoms with E-state index in [9.17, 15) is 18.0 Å². The molecule has 1 amide bonds. The molecule has 0 spiro atoms. The number of hydrogen-bond acceptors (Lipinski definition) is 6. The molecule has 0 heterocycles. The molecule has 0 fully saturated rings. The quantitative estimate of drug-likeness (QED) is 0.724. The Morgan fingerprint density at radius 3 is 2.31 bits per heavy atom. The number of sulfonamides is 1. The van der Waals surface area contributed by atoms with E-state index in [4.69, 9.17) is 10.00 Å². The van der Waals surface area contributed by atoms with Crippen LogP contribution in [0.3, 0.4) is 0 Å². The largest absolute Gasteiger partial charge is 0.449 e. The molecule has 0 aliphatic heterocycles. The van der Waals surface area contributed by atoms with Gasteiger partial charge in [0.1, 0.15) is 0 Å². The number of anilines is 1. The van der Waals surface area contributed by atoms with Crippen molar-refractivity contribution >= 4 is 27.6 Å². The van der Waals surface area contributed by atoms with Crippen molar-refractivity contribution in [1.82, 2.24) is 4.31 Å². The number of rotatable bonds is 6. The first kappa shape index (κ1) is 22.1. The fraction of sp³-hybridized carbons (Fsp3) is 0.250. The highest BCUT2D eigenvalue weighted by Gasteiger charge is 2.22. The lowest BCUT2D eigenvalue weighted by Crippen LogP contribution is -2.30. The minimum absolute atomic E-state index is 0.0330. The predicted octanol–water partition coefficient (Wildman–Crippen LogP) is 2.30. The number of nitrogens with zero attached hydrogens (tertiary/aromatic N) is 2. The van der Waals surface area contributed by atoms with Crippen molar-refractivity contribution in [3.05, 3.63) is 59.2 Å². The van der Waals surface area contributed by atoms with Crippen molar-refractivity contribution in [1.29, 1.82) is 5.26 Å². The highest BCUT2D eigenvalue weighted by molar-refractivity contribution is 7.89. The molecule has 8 nitrogen and oxygen atoms in total. The van der Waals surface area contributed by atoms with Gasteiger partial charge < -0.3 is 10.1 Å². The number of nitrogens with one attached hydrogen (secondary N) is 1. The Hall–Kier alpha value is -3.22. The second-order valence-corrected chi connectivity index (χ2v) is 8.64. The van der Waals surface area contributed by atoms with E-state index in [0.29, 0.717) is 16.8 Å². The summed E-state index contributed by atoms with van der Waals surface area (Å²) < 4.78 is 30.8. The van der Waals surface area contributed by atoms with E-state index in [1.807, 2.05) is 6.07 Å². The molecule has 0 saturated heterocycles. The number of carbonyl (C=O) groups is 2. The maximum Gasteiger partial charge on any atom is 0.338 e. The van der Waals surface area contributed by atoms with E-state index < -0.39 is 28.0 Å². The number of aryl methyl sites for hydroxylation is 1. The first-order valence-corrected chi connectivity index (χ1v) is 10.1. The summed E-state index contributed by atoms with van der Waals surface area (Å²) in [4.78, 5) is 24.6. The van der Waals surface area contributed by atoms with Gasteiger partial charge in [-0.05, 0) is 55.8 Å². The van der Waals surface area contributed by atoms with E-state index >= 15 is 0 Å². The van der Waals surface area contributed by atoms with Gasteiger partial charge in [0.05, 0.1) is 22.1 Å². The van der Waals surface area contributed by atoms with Crippen LogP contribution in [0, 0.1) is 18.3 Å². The van der Waals surface area contributed by atoms with Crippen molar-refractivity contribution in [2.45, 2.75) is 24.8 Å². The van der Waals surface area contributed by atoms with Crippen molar-refractivity contribution in [3.63, 3.8) is 0 Å². The first-order valence-electron chi connectivity index (χ1n) is 8.61. The van der Waals surface area contributed by atoms with Crippen LogP contribution in [0.15, 0.2) is 47.4 Å². The van der Waals surface area contributed by atoms with Crippen LogP contribution in [0.2, 0.25) is 0 Å². The molecule has 1 N–H and O–H groups in total. The van der Waals surface area contributed by atoms with Gasteiger partial charge in [-0.2, -0.15) is 5.26 Å². The third-order valence-corrected chi connectivity index (χ3v) is 5.96. The number of ether oxygens (including phenoxy) is 1. The Bertz CT molecular complexity index is 1070. The first-order chi connectivity index (χ1) is 13.6.